The third kappa shape index (κ3) is 1.83. The zero-order valence-corrected chi connectivity index (χ0v) is 7.81. The Bertz CT molecular complexity index is 276. The highest BCUT2D eigenvalue weighted by Gasteiger charge is 2.23. The Morgan fingerprint density at radius 2 is 2.38 bits per heavy atom. The van der Waals surface area contributed by atoms with Crippen LogP contribution in [0.25, 0.3) is 0 Å². The second-order valence-electron chi connectivity index (χ2n) is 3.79. The maximum Gasteiger partial charge on any atom is 0.126 e. The Balaban J connectivity index is 2.06. The van der Waals surface area contributed by atoms with Crippen molar-refractivity contribution in [3.8, 4) is 0 Å². The summed E-state index contributed by atoms with van der Waals surface area (Å²) >= 11 is 0. The Hall–Kier alpha value is -1.02. The quantitative estimate of drug-likeness (QED) is 0.697. The smallest absolute Gasteiger partial charge is 0.126 e. The summed E-state index contributed by atoms with van der Waals surface area (Å²) in [5.41, 5.74) is 7.06. The van der Waals surface area contributed by atoms with Crippen LogP contribution < -0.4 is 5.73 Å². The molecule has 0 aromatic rings. The van der Waals surface area contributed by atoms with Gasteiger partial charge in [0.15, 0.2) is 0 Å². The number of hydrogen-bond acceptors (Lipinski definition) is 2. The van der Waals surface area contributed by atoms with Gasteiger partial charge in [0.2, 0.25) is 0 Å². The molecule has 2 rings (SSSR count). The minimum atomic E-state index is 0.233. The van der Waals surface area contributed by atoms with Gasteiger partial charge in [0.1, 0.15) is 6.10 Å². The number of ether oxygens (including phenoxy) is 1. The van der Waals surface area contributed by atoms with Gasteiger partial charge in [-0.15, -0.1) is 0 Å². The van der Waals surface area contributed by atoms with Crippen molar-refractivity contribution in [2.24, 2.45) is 11.7 Å². The molecular formula is C11H15NO. The standard InChI is InChI=1S/C11H15NO/c1-8(12)6-9-2-3-11-10(7-9)4-5-13-11/h2-5,7-8,10-11H,6,12H2,1H3. The molecule has 0 aromatic heterocycles. The lowest BCUT2D eigenvalue weighted by Gasteiger charge is -2.18. The number of nitrogens with two attached hydrogens (primary N) is 1. The molecule has 1 aliphatic heterocycles. The first-order valence-corrected chi connectivity index (χ1v) is 4.72. The molecule has 70 valence electrons. The number of rotatable bonds is 2. The van der Waals surface area contributed by atoms with Crippen molar-refractivity contribution in [3.63, 3.8) is 0 Å². The topological polar surface area (TPSA) is 35.2 Å². The van der Waals surface area contributed by atoms with Crippen molar-refractivity contribution in [1.82, 2.24) is 0 Å². The molecule has 3 unspecified atom stereocenters. The molecule has 0 saturated heterocycles. The second kappa shape index (κ2) is 3.38. The van der Waals surface area contributed by atoms with E-state index in [1.54, 1.807) is 6.26 Å². The molecule has 2 N–H and O–H groups in total. The molecule has 0 radical (unpaired) electrons. The third-order valence-electron chi connectivity index (χ3n) is 2.38. The fourth-order valence-electron chi connectivity index (χ4n) is 1.78. The molecule has 2 aliphatic rings. The van der Waals surface area contributed by atoms with Crippen LogP contribution in [0.1, 0.15) is 13.3 Å². The highest BCUT2D eigenvalue weighted by atomic mass is 16.5. The monoisotopic (exact) mass is 177 g/mol. The molecule has 0 bridgehead atoms. The molecule has 2 heteroatoms. The lowest BCUT2D eigenvalue weighted by atomic mass is 9.92. The molecule has 2 nitrogen and oxygen atoms in total. The Labute approximate surface area is 78.8 Å². The minimum absolute atomic E-state index is 0.233. The molecule has 1 heterocycles. The highest BCUT2D eigenvalue weighted by molar-refractivity contribution is 5.31. The molecule has 13 heavy (non-hydrogen) atoms. The molecule has 1 aliphatic carbocycles. The summed E-state index contributed by atoms with van der Waals surface area (Å²) in [5.74, 6) is 0.429. The van der Waals surface area contributed by atoms with E-state index in [1.165, 1.54) is 5.57 Å². The summed E-state index contributed by atoms with van der Waals surface area (Å²) in [4.78, 5) is 0. The van der Waals surface area contributed by atoms with Gasteiger partial charge in [0.05, 0.1) is 6.26 Å². The fourth-order valence-corrected chi connectivity index (χ4v) is 1.78. The van der Waals surface area contributed by atoms with Gasteiger partial charge in [-0.2, -0.15) is 0 Å². The van der Waals surface area contributed by atoms with E-state index >= 15 is 0 Å². The summed E-state index contributed by atoms with van der Waals surface area (Å²) < 4.78 is 5.37. The van der Waals surface area contributed by atoms with Crippen LogP contribution in [0.4, 0.5) is 0 Å². The van der Waals surface area contributed by atoms with Crippen molar-refractivity contribution in [1.29, 1.82) is 0 Å². The van der Waals surface area contributed by atoms with Crippen LogP contribution in [0, 0.1) is 5.92 Å². The van der Waals surface area contributed by atoms with E-state index in [0.29, 0.717) is 5.92 Å². The van der Waals surface area contributed by atoms with Gasteiger partial charge in [0.25, 0.3) is 0 Å². The number of fused-ring (bicyclic) bond motifs is 1. The van der Waals surface area contributed by atoms with Crippen LogP contribution >= 0.6 is 0 Å². The second-order valence-corrected chi connectivity index (χ2v) is 3.79. The van der Waals surface area contributed by atoms with E-state index in [0.717, 1.165) is 6.42 Å². The van der Waals surface area contributed by atoms with Gasteiger partial charge in [-0.1, -0.05) is 12.2 Å². The van der Waals surface area contributed by atoms with E-state index < -0.39 is 0 Å². The molecule has 0 spiro atoms. The Morgan fingerprint density at radius 3 is 3.15 bits per heavy atom. The minimum Gasteiger partial charge on any atom is -0.493 e. The van der Waals surface area contributed by atoms with Crippen LogP contribution in [-0.2, 0) is 4.74 Å². The highest BCUT2D eigenvalue weighted by Crippen LogP contribution is 2.27. The summed E-state index contributed by atoms with van der Waals surface area (Å²) in [6.07, 6.45) is 11.5. The van der Waals surface area contributed by atoms with E-state index in [2.05, 4.69) is 24.3 Å². The average Bonchev–Trinajstić information content (AvgIpc) is 2.49. The zero-order chi connectivity index (χ0) is 9.26. The van der Waals surface area contributed by atoms with Crippen LogP contribution in [0.15, 0.2) is 36.1 Å². The van der Waals surface area contributed by atoms with Gasteiger partial charge in [-0.3, -0.25) is 0 Å². The van der Waals surface area contributed by atoms with Gasteiger partial charge >= 0.3 is 0 Å². The van der Waals surface area contributed by atoms with E-state index in [4.69, 9.17) is 10.5 Å². The molecule has 0 aromatic carbocycles. The zero-order valence-electron chi connectivity index (χ0n) is 7.81. The Kier molecular flexibility index (Phi) is 2.23. The first kappa shape index (κ1) is 8.57. The van der Waals surface area contributed by atoms with Gasteiger partial charge in [0, 0.05) is 12.0 Å². The molecule has 0 fully saturated rings. The lowest BCUT2D eigenvalue weighted by Crippen LogP contribution is -2.19. The third-order valence-corrected chi connectivity index (χ3v) is 2.38. The predicted molar refractivity (Wildman–Crippen MR) is 53.0 cm³/mol. The molecule has 0 amide bonds. The van der Waals surface area contributed by atoms with Crippen LogP contribution in [-0.4, -0.2) is 12.1 Å². The average molecular weight is 177 g/mol. The molecule has 3 atom stereocenters. The largest absolute Gasteiger partial charge is 0.493 e. The van der Waals surface area contributed by atoms with Crippen LogP contribution in [0.2, 0.25) is 0 Å². The first-order chi connectivity index (χ1) is 6.25. The van der Waals surface area contributed by atoms with Crippen molar-refractivity contribution >= 4 is 0 Å². The van der Waals surface area contributed by atoms with Crippen molar-refractivity contribution < 1.29 is 4.74 Å². The van der Waals surface area contributed by atoms with Gasteiger partial charge in [-0.05, 0) is 31.1 Å². The van der Waals surface area contributed by atoms with E-state index in [-0.39, 0.29) is 12.1 Å². The summed E-state index contributed by atoms with van der Waals surface area (Å²) in [7, 11) is 0. The Morgan fingerprint density at radius 1 is 1.54 bits per heavy atom. The fraction of sp³-hybridized carbons (Fsp3) is 0.455. The normalized spacial score (nSPS) is 32.3. The summed E-state index contributed by atoms with van der Waals surface area (Å²) in [6, 6.07) is 0.235. The summed E-state index contributed by atoms with van der Waals surface area (Å²) in [5, 5.41) is 0. The first-order valence-electron chi connectivity index (χ1n) is 4.72. The molecular weight excluding hydrogens is 162 g/mol. The number of allylic oxidation sites excluding steroid dienone is 1. The van der Waals surface area contributed by atoms with Crippen LogP contribution in [0.5, 0.6) is 0 Å². The van der Waals surface area contributed by atoms with Crippen LogP contribution in [0.3, 0.4) is 0 Å². The van der Waals surface area contributed by atoms with Crippen molar-refractivity contribution in [2.45, 2.75) is 25.5 Å². The maximum absolute atomic E-state index is 5.74. The van der Waals surface area contributed by atoms with Gasteiger partial charge in [-0.25, -0.2) is 0 Å². The van der Waals surface area contributed by atoms with Crippen molar-refractivity contribution in [2.75, 3.05) is 0 Å². The SMILES string of the molecule is CC(N)CC1=CC2C=COC2C=C1. The lowest BCUT2D eigenvalue weighted by molar-refractivity contribution is 0.191. The maximum atomic E-state index is 5.74. The number of hydrogen-bond donors (Lipinski definition) is 1. The van der Waals surface area contributed by atoms with E-state index in [9.17, 15) is 0 Å². The van der Waals surface area contributed by atoms with Gasteiger partial charge < -0.3 is 10.5 Å². The van der Waals surface area contributed by atoms with E-state index in [1.807, 2.05) is 6.92 Å². The summed E-state index contributed by atoms with van der Waals surface area (Å²) in [6.45, 7) is 2.03. The van der Waals surface area contributed by atoms with Crippen molar-refractivity contribution in [3.05, 3.63) is 36.1 Å². The molecule has 0 saturated carbocycles. The predicted octanol–water partition coefficient (Wildman–Crippen LogP) is 1.75.